The number of hydroxylamine groups is 2. The van der Waals surface area contributed by atoms with Crippen LogP contribution < -0.4 is 0 Å². The molecule has 1 aliphatic rings. The lowest BCUT2D eigenvalue weighted by Crippen LogP contribution is -2.35. The van der Waals surface area contributed by atoms with Crippen LogP contribution in [0.1, 0.15) is 19.8 Å². The summed E-state index contributed by atoms with van der Waals surface area (Å²) in [5, 5.41) is 8.90. The molecular weight excluding hydrogens is 146 g/mol. The topological polar surface area (TPSA) is 57.6 Å². The quantitative estimate of drug-likeness (QED) is 0.442. The molecule has 60 valence electrons. The molecule has 0 atom stereocenters. The molecule has 0 radical (unpaired) electrons. The van der Waals surface area contributed by atoms with Crippen LogP contribution in [0.3, 0.4) is 0 Å². The minimum atomic E-state index is -0.641. The fourth-order valence-corrected chi connectivity index (χ4v) is 0.906. The van der Waals surface area contributed by atoms with Crippen molar-refractivity contribution >= 4 is 11.8 Å². The molecule has 1 N–H and O–H groups in total. The van der Waals surface area contributed by atoms with E-state index in [-0.39, 0.29) is 11.5 Å². The van der Waals surface area contributed by atoms with Crippen LogP contribution >= 0.6 is 0 Å². The molecule has 4 heteroatoms. The Kier molecular flexibility index (Phi) is 2.05. The number of rotatable bonds is 1. The van der Waals surface area contributed by atoms with E-state index in [1.807, 2.05) is 6.92 Å². The van der Waals surface area contributed by atoms with Crippen molar-refractivity contribution in [1.29, 1.82) is 0 Å². The first kappa shape index (κ1) is 7.94. The molecular formula is C7H9NO3. The van der Waals surface area contributed by atoms with Gasteiger partial charge in [-0.05, 0) is 6.42 Å². The molecule has 11 heavy (non-hydrogen) atoms. The second kappa shape index (κ2) is 2.84. The highest BCUT2D eigenvalue weighted by Crippen LogP contribution is 2.13. The lowest BCUT2D eigenvalue weighted by atomic mass is 10.1. The van der Waals surface area contributed by atoms with E-state index in [4.69, 9.17) is 5.21 Å². The maximum absolute atomic E-state index is 10.8. The van der Waals surface area contributed by atoms with Gasteiger partial charge >= 0.3 is 0 Å². The summed E-state index contributed by atoms with van der Waals surface area (Å²) in [6.07, 6.45) is 2.12. The third-order valence-corrected chi connectivity index (χ3v) is 1.61. The zero-order valence-corrected chi connectivity index (χ0v) is 6.20. The van der Waals surface area contributed by atoms with Crippen LogP contribution in [0.4, 0.5) is 0 Å². The van der Waals surface area contributed by atoms with Gasteiger partial charge in [0.05, 0.1) is 6.42 Å². The number of amides is 2. The highest BCUT2D eigenvalue weighted by molar-refractivity contribution is 6.03. The van der Waals surface area contributed by atoms with Gasteiger partial charge in [-0.1, -0.05) is 12.5 Å². The van der Waals surface area contributed by atoms with Crippen LogP contribution in [0.15, 0.2) is 11.6 Å². The van der Waals surface area contributed by atoms with E-state index in [1.54, 1.807) is 0 Å². The van der Waals surface area contributed by atoms with Gasteiger partial charge in [-0.3, -0.25) is 14.8 Å². The van der Waals surface area contributed by atoms with Gasteiger partial charge in [0.2, 0.25) is 0 Å². The molecule has 4 nitrogen and oxygen atoms in total. The lowest BCUT2D eigenvalue weighted by molar-refractivity contribution is -0.176. The van der Waals surface area contributed by atoms with Gasteiger partial charge in [-0.2, -0.15) is 5.06 Å². The highest BCUT2D eigenvalue weighted by atomic mass is 16.5. The Morgan fingerprint density at radius 2 is 2.27 bits per heavy atom. The summed E-state index contributed by atoms with van der Waals surface area (Å²) < 4.78 is 0. The van der Waals surface area contributed by atoms with Gasteiger partial charge in [0.1, 0.15) is 0 Å². The van der Waals surface area contributed by atoms with Crippen LogP contribution in [0.5, 0.6) is 0 Å². The number of nitrogens with zero attached hydrogens (tertiary/aromatic N) is 1. The third kappa shape index (κ3) is 1.46. The van der Waals surface area contributed by atoms with Crippen molar-refractivity contribution in [2.45, 2.75) is 19.8 Å². The van der Waals surface area contributed by atoms with Gasteiger partial charge in [-0.15, -0.1) is 0 Å². The zero-order valence-electron chi connectivity index (χ0n) is 6.20. The van der Waals surface area contributed by atoms with Crippen molar-refractivity contribution in [2.24, 2.45) is 0 Å². The number of imide groups is 1. The van der Waals surface area contributed by atoms with E-state index in [0.717, 1.165) is 5.57 Å². The van der Waals surface area contributed by atoms with E-state index in [2.05, 4.69) is 0 Å². The molecule has 1 aliphatic heterocycles. The highest BCUT2D eigenvalue weighted by Gasteiger charge is 2.23. The predicted molar refractivity (Wildman–Crippen MR) is 36.6 cm³/mol. The largest absolute Gasteiger partial charge is 0.278 e. The molecule has 0 saturated heterocycles. The Hall–Kier alpha value is -1.16. The molecule has 0 saturated carbocycles. The second-order valence-corrected chi connectivity index (χ2v) is 2.38. The molecule has 1 rings (SSSR count). The van der Waals surface area contributed by atoms with Crippen LogP contribution in [-0.2, 0) is 9.59 Å². The summed E-state index contributed by atoms with van der Waals surface area (Å²) >= 11 is 0. The summed E-state index contributed by atoms with van der Waals surface area (Å²) in [5.41, 5.74) is 0.769. The number of hydrogen-bond acceptors (Lipinski definition) is 3. The maximum atomic E-state index is 10.8. The monoisotopic (exact) mass is 155 g/mol. The summed E-state index contributed by atoms with van der Waals surface area (Å²) in [6.45, 7) is 1.86. The average molecular weight is 155 g/mol. The van der Waals surface area contributed by atoms with Crippen LogP contribution in [0.2, 0.25) is 0 Å². The van der Waals surface area contributed by atoms with Gasteiger partial charge < -0.3 is 0 Å². The van der Waals surface area contributed by atoms with E-state index in [0.29, 0.717) is 6.42 Å². The Bertz CT molecular complexity index is 232. The van der Waals surface area contributed by atoms with Gasteiger partial charge in [0.15, 0.2) is 0 Å². The molecule has 1 heterocycles. The Morgan fingerprint density at radius 1 is 1.64 bits per heavy atom. The van der Waals surface area contributed by atoms with Crippen molar-refractivity contribution in [2.75, 3.05) is 0 Å². The molecule has 2 amide bonds. The van der Waals surface area contributed by atoms with Crippen molar-refractivity contribution in [3.8, 4) is 0 Å². The van der Waals surface area contributed by atoms with Crippen molar-refractivity contribution in [3.05, 3.63) is 11.6 Å². The first-order chi connectivity index (χ1) is 5.15. The fraction of sp³-hybridized carbons (Fsp3) is 0.429. The van der Waals surface area contributed by atoms with E-state index in [9.17, 15) is 9.59 Å². The fourth-order valence-electron chi connectivity index (χ4n) is 0.906. The molecule has 0 aromatic rings. The van der Waals surface area contributed by atoms with Crippen LogP contribution in [0, 0.1) is 0 Å². The molecule has 0 aliphatic carbocycles. The number of carbonyl (C=O) groups is 2. The third-order valence-electron chi connectivity index (χ3n) is 1.61. The Labute approximate surface area is 64.1 Å². The van der Waals surface area contributed by atoms with E-state index >= 15 is 0 Å². The normalized spacial score (nSPS) is 18.7. The van der Waals surface area contributed by atoms with Crippen LogP contribution in [-0.4, -0.2) is 22.1 Å². The van der Waals surface area contributed by atoms with Crippen LogP contribution in [0.25, 0.3) is 0 Å². The van der Waals surface area contributed by atoms with Gasteiger partial charge in [0, 0.05) is 6.08 Å². The minimum Gasteiger partial charge on any atom is -0.278 e. The summed E-state index contributed by atoms with van der Waals surface area (Å²) in [4.78, 5) is 21.5. The molecule has 0 bridgehead atoms. The molecule has 0 aromatic heterocycles. The lowest BCUT2D eigenvalue weighted by Gasteiger charge is -2.17. The summed E-state index contributed by atoms with van der Waals surface area (Å²) in [6, 6.07) is 0. The molecule has 0 aromatic carbocycles. The minimum absolute atomic E-state index is 0.152. The molecule has 0 spiro atoms. The Morgan fingerprint density at radius 3 is 2.73 bits per heavy atom. The number of carbonyl (C=O) groups excluding carboxylic acids is 2. The maximum Gasteiger partial charge on any atom is 0.277 e. The second-order valence-electron chi connectivity index (χ2n) is 2.38. The summed E-state index contributed by atoms with van der Waals surface area (Å²) in [5.74, 6) is -1.19. The van der Waals surface area contributed by atoms with Gasteiger partial charge in [0.25, 0.3) is 11.8 Å². The summed E-state index contributed by atoms with van der Waals surface area (Å²) in [7, 11) is 0. The SMILES string of the molecule is CCC1=CC(=O)N(O)C(=O)C1. The van der Waals surface area contributed by atoms with E-state index < -0.39 is 11.8 Å². The van der Waals surface area contributed by atoms with E-state index in [1.165, 1.54) is 6.08 Å². The van der Waals surface area contributed by atoms with Crippen molar-refractivity contribution < 1.29 is 14.8 Å². The zero-order chi connectivity index (χ0) is 8.43. The predicted octanol–water partition coefficient (Wildman–Crippen LogP) is 0.471. The Balaban J connectivity index is 2.85. The van der Waals surface area contributed by atoms with Crippen molar-refractivity contribution in [1.82, 2.24) is 5.06 Å². The molecule has 0 unspecified atom stereocenters. The standard InChI is InChI=1S/C7H9NO3/c1-2-5-3-6(9)8(11)7(10)4-5/h3,11H,2,4H2,1H3. The first-order valence-electron chi connectivity index (χ1n) is 3.40. The molecule has 0 fully saturated rings. The van der Waals surface area contributed by atoms with Gasteiger partial charge in [-0.25, -0.2) is 0 Å². The van der Waals surface area contributed by atoms with Crippen molar-refractivity contribution in [3.63, 3.8) is 0 Å². The first-order valence-corrected chi connectivity index (χ1v) is 3.40. The smallest absolute Gasteiger partial charge is 0.277 e. The number of hydrogen-bond donors (Lipinski definition) is 1. The average Bonchev–Trinajstić information content (AvgIpc) is 1.99.